The van der Waals surface area contributed by atoms with Crippen molar-refractivity contribution < 1.29 is 18.9 Å². The molecule has 0 aliphatic rings. The molecule has 0 amide bonds. The highest BCUT2D eigenvalue weighted by molar-refractivity contribution is 5.90. The van der Waals surface area contributed by atoms with Crippen LogP contribution in [0, 0.1) is 10.1 Å². The number of hydrogen-bond donors (Lipinski definition) is 0. The Hall–Kier alpha value is -3.48. The molecule has 26 heavy (non-hydrogen) atoms. The minimum atomic E-state index is -0.633. The molecule has 0 radical (unpaired) electrons. The standard InChI is InChI=1S/C19H15NO6/c1-2-12-3-8-16-14(10-18(21)26-17(16)9-12)11-25-19(22)13-4-6-15(7-5-13)20(23)24/h3-10H,2,11H2,1H3. The van der Waals surface area contributed by atoms with Crippen molar-refractivity contribution in [2.45, 2.75) is 20.0 Å². The van der Waals surface area contributed by atoms with Crippen LogP contribution in [0.25, 0.3) is 11.0 Å². The highest BCUT2D eigenvalue weighted by Crippen LogP contribution is 2.20. The molecule has 3 rings (SSSR count). The van der Waals surface area contributed by atoms with Gasteiger partial charge in [0.1, 0.15) is 12.2 Å². The van der Waals surface area contributed by atoms with Crippen molar-refractivity contribution in [3.63, 3.8) is 0 Å². The molecule has 0 N–H and O–H groups in total. The average molecular weight is 353 g/mol. The lowest BCUT2D eigenvalue weighted by Gasteiger charge is -2.08. The summed E-state index contributed by atoms with van der Waals surface area (Å²) in [5.74, 6) is -0.633. The Morgan fingerprint density at radius 1 is 1.15 bits per heavy atom. The van der Waals surface area contributed by atoms with Crippen LogP contribution in [-0.4, -0.2) is 10.9 Å². The number of fused-ring (bicyclic) bond motifs is 1. The van der Waals surface area contributed by atoms with E-state index >= 15 is 0 Å². The van der Waals surface area contributed by atoms with Gasteiger partial charge in [-0.1, -0.05) is 19.1 Å². The van der Waals surface area contributed by atoms with Crippen LogP contribution in [0.1, 0.15) is 28.4 Å². The molecule has 0 saturated heterocycles. The molecule has 0 atom stereocenters. The van der Waals surface area contributed by atoms with Gasteiger partial charge in [-0.25, -0.2) is 9.59 Å². The number of hydrogen-bond acceptors (Lipinski definition) is 6. The quantitative estimate of drug-likeness (QED) is 0.301. The second-order valence-corrected chi connectivity index (χ2v) is 5.65. The largest absolute Gasteiger partial charge is 0.457 e. The summed E-state index contributed by atoms with van der Waals surface area (Å²) in [7, 11) is 0. The predicted octanol–water partition coefficient (Wildman–Crippen LogP) is 3.62. The summed E-state index contributed by atoms with van der Waals surface area (Å²) < 4.78 is 10.5. The Morgan fingerprint density at radius 2 is 1.88 bits per heavy atom. The highest BCUT2D eigenvalue weighted by Gasteiger charge is 2.13. The van der Waals surface area contributed by atoms with Crippen LogP contribution < -0.4 is 5.63 Å². The molecular formula is C19H15NO6. The molecule has 2 aromatic carbocycles. The van der Waals surface area contributed by atoms with Crippen molar-refractivity contribution in [2.75, 3.05) is 0 Å². The Bertz CT molecular complexity index is 1040. The van der Waals surface area contributed by atoms with E-state index in [9.17, 15) is 19.7 Å². The van der Waals surface area contributed by atoms with Crippen LogP contribution >= 0.6 is 0 Å². The second-order valence-electron chi connectivity index (χ2n) is 5.65. The molecule has 132 valence electrons. The Balaban J connectivity index is 1.81. The van der Waals surface area contributed by atoms with Crippen molar-refractivity contribution in [3.8, 4) is 0 Å². The fourth-order valence-electron chi connectivity index (χ4n) is 2.56. The third-order valence-electron chi connectivity index (χ3n) is 3.98. The van der Waals surface area contributed by atoms with Gasteiger partial charge in [-0.05, 0) is 30.2 Å². The molecule has 3 aromatic rings. The Labute approximate surface area is 148 Å². The summed E-state index contributed by atoms with van der Waals surface area (Å²) in [5, 5.41) is 11.3. The molecule has 0 saturated carbocycles. The van der Waals surface area contributed by atoms with Gasteiger partial charge in [0.15, 0.2) is 0 Å². The van der Waals surface area contributed by atoms with Crippen molar-refractivity contribution in [1.82, 2.24) is 0 Å². The number of nitro benzene ring substituents is 1. The van der Waals surface area contributed by atoms with Gasteiger partial charge in [-0.15, -0.1) is 0 Å². The normalized spacial score (nSPS) is 10.7. The number of rotatable bonds is 5. The van der Waals surface area contributed by atoms with Crippen LogP contribution in [0.3, 0.4) is 0 Å². The summed E-state index contributed by atoms with van der Waals surface area (Å²) in [6.45, 7) is 1.89. The molecule has 1 aromatic heterocycles. The van der Waals surface area contributed by atoms with E-state index < -0.39 is 16.5 Å². The smallest absolute Gasteiger partial charge is 0.338 e. The summed E-state index contributed by atoms with van der Waals surface area (Å²) in [4.78, 5) is 34.0. The molecule has 0 unspecified atom stereocenters. The van der Waals surface area contributed by atoms with Gasteiger partial charge < -0.3 is 9.15 Å². The lowest BCUT2D eigenvalue weighted by atomic mass is 10.1. The number of carbonyl (C=O) groups excluding carboxylic acids is 1. The highest BCUT2D eigenvalue weighted by atomic mass is 16.6. The van der Waals surface area contributed by atoms with Gasteiger partial charge in [-0.3, -0.25) is 10.1 Å². The van der Waals surface area contributed by atoms with Crippen LogP contribution in [0.5, 0.6) is 0 Å². The lowest BCUT2D eigenvalue weighted by Crippen LogP contribution is -2.08. The third kappa shape index (κ3) is 3.61. The zero-order valence-corrected chi connectivity index (χ0v) is 13.9. The number of aryl methyl sites for hydroxylation is 1. The van der Waals surface area contributed by atoms with E-state index in [1.165, 1.54) is 30.3 Å². The fourth-order valence-corrected chi connectivity index (χ4v) is 2.56. The van der Waals surface area contributed by atoms with Crippen LogP contribution in [0.2, 0.25) is 0 Å². The number of esters is 1. The van der Waals surface area contributed by atoms with Gasteiger partial charge in [-0.2, -0.15) is 0 Å². The van der Waals surface area contributed by atoms with E-state index in [2.05, 4.69) is 0 Å². The first-order chi connectivity index (χ1) is 12.5. The maximum atomic E-state index is 12.1. The Morgan fingerprint density at radius 3 is 2.54 bits per heavy atom. The molecule has 0 fully saturated rings. The van der Waals surface area contributed by atoms with E-state index in [1.807, 2.05) is 19.1 Å². The number of benzene rings is 2. The number of nitrogens with zero attached hydrogens (tertiary/aromatic N) is 1. The van der Waals surface area contributed by atoms with Crippen LogP contribution in [-0.2, 0) is 17.8 Å². The third-order valence-corrected chi connectivity index (χ3v) is 3.98. The second kappa shape index (κ2) is 7.18. The zero-order valence-electron chi connectivity index (χ0n) is 13.9. The molecule has 0 bridgehead atoms. The van der Waals surface area contributed by atoms with Gasteiger partial charge >= 0.3 is 11.6 Å². The van der Waals surface area contributed by atoms with E-state index in [0.29, 0.717) is 16.5 Å². The number of nitro groups is 1. The summed E-state index contributed by atoms with van der Waals surface area (Å²) in [6.07, 6.45) is 0.805. The molecular weight excluding hydrogens is 338 g/mol. The fraction of sp³-hybridized carbons (Fsp3) is 0.158. The monoisotopic (exact) mass is 353 g/mol. The van der Waals surface area contributed by atoms with E-state index in [4.69, 9.17) is 9.15 Å². The number of non-ortho nitro benzene ring substituents is 1. The minimum absolute atomic E-state index is 0.108. The van der Waals surface area contributed by atoms with E-state index in [0.717, 1.165) is 12.0 Å². The Kier molecular flexibility index (Phi) is 4.79. The van der Waals surface area contributed by atoms with Gasteiger partial charge in [0.2, 0.25) is 0 Å². The number of carbonyl (C=O) groups is 1. The van der Waals surface area contributed by atoms with Gasteiger partial charge in [0, 0.05) is 29.1 Å². The van der Waals surface area contributed by atoms with Crippen molar-refractivity contribution >= 4 is 22.6 Å². The average Bonchev–Trinajstić information content (AvgIpc) is 2.65. The molecule has 7 nitrogen and oxygen atoms in total. The first-order valence-corrected chi connectivity index (χ1v) is 7.95. The predicted molar refractivity (Wildman–Crippen MR) is 94.1 cm³/mol. The van der Waals surface area contributed by atoms with Crippen LogP contribution in [0.15, 0.2) is 57.7 Å². The van der Waals surface area contributed by atoms with E-state index in [1.54, 1.807) is 6.07 Å². The first kappa shape index (κ1) is 17.3. The van der Waals surface area contributed by atoms with Crippen molar-refractivity contribution in [3.05, 3.63) is 85.8 Å². The molecule has 0 aliphatic heterocycles. The van der Waals surface area contributed by atoms with E-state index in [-0.39, 0.29) is 17.9 Å². The van der Waals surface area contributed by atoms with Gasteiger partial charge in [0.05, 0.1) is 10.5 Å². The van der Waals surface area contributed by atoms with Crippen LogP contribution in [0.4, 0.5) is 5.69 Å². The molecule has 0 aliphatic carbocycles. The SMILES string of the molecule is CCc1ccc2c(COC(=O)c3ccc([N+](=O)[O-])cc3)cc(=O)oc2c1. The first-order valence-electron chi connectivity index (χ1n) is 7.95. The molecule has 7 heteroatoms. The van der Waals surface area contributed by atoms with Gasteiger partial charge in [0.25, 0.3) is 5.69 Å². The summed E-state index contributed by atoms with van der Waals surface area (Å²) in [5.41, 5.74) is 1.57. The number of ether oxygens (including phenoxy) is 1. The maximum absolute atomic E-state index is 12.1. The minimum Gasteiger partial charge on any atom is -0.457 e. The topological polar surface area (TPSA) is 99.6 Å². The summed E-state index contributed by atoms with van der Waals surface area (Å²) >= 11 is 0. The van der Waals surface area contributed by atoms with Crippen molar-refractivity contribution in [1.29, 1.82) is 0 Å². The lowest BCUT2D eigenvalue weighted by molar-refractivity contribution is -0.384. The summed E-state index contributed by atoms with van der Waals surface area (Å²) in [6, 6.07) is 11.9. The zero-order chi connectivity index (χ0) is 18.7. The molecule has 1 heterocycles. The maximum Gasteiger partial charge on any atom is 0.338 e. The molecule has 0 spiro atoms. The van der Waals surface area contributed by atoms with Crippen molar-refractivity contribution in [2.24, 2.45) is 0 Å².